The zero-order valence-electron chi connectivity index (χ0n) is 14.6. The van der Waals surface area contributed by atoms with E-state index in [-0.39, 0.29) is 0 Å². The Bertz CT molecular complexity index is 1110. The Morgan fingerprint density at radius 3 is 1.54 bits per heavy atom. The van der Waals surface area contributed by atoms with Crippen LogP contribution in [0, 0.1) is 5.53 Å². The largest absolute Gasteiger partial charge is 0.584 e. The van der Waals surface area contributed by atoms with Crippen LogP contribution in [-0.4, -0.2) is 4.89 Å². The fourth-order valence-corrected chi connectivity index (χ4v) is 3.67. The Hall–Kier alpha value is -3.50. The summed E-state index contributed by atoms with van der Waals surface area (Å²) in [6, 6.07) is 25.7. The quantitative estimate of drug-likeness (QED) is 0.180. The number of nitrogens with one attached hydrogen (secondary N) is 1. The van der Waals surface area contributed by atoms with Crippen LogP contribution in [0.4, 0.5) is 0 Å². The van der Waals surface area contributed by atoms with Gasteiger partial charge in [-0.1, -0.05) is 72.8 Å². The molecule has 4 aromatic carbocycles. The molecular weight excluding hydrogens is 377 g/mol. The van der Waals surface area contributed by atoms with Crippen LogP contribution in [0.15, 0.2) is 84.9 Å². The molecule has 140 valence electrons. The molecule has 0 aliphatic heterocycles. The molecule has 7 nitrogen and oxygen atoms in total. The van der Waals surface area contributed by atoms with E-state index in [2.05, 4.69) is 0 Å². The maximum atomic E-state index is 12.6. The highest BCUT2D eigenvalue weighted by molar-refractivity contribution is 7.48. The minimum atomic E-state index is -4.35. The summed E-state index contributed by atoms with van der Waals surface area (Å²) >= 11 is 0. The van der Waals surface area contributed by atoms with Gasteiger partial charge in [0.1, 0.15) is 11.5 Å². The number of hydrogen-bond donors (Lipinski definition) is 2. The molecular formula is C20H16N3O4P. The molecule has 8 heteroatoms. The van der Waals surface area contributed by atoms with Gasteiger partial charge in [0.05, 0.1) is 0 Å². The van der Waals surface area contributed by atoms with Crippen LogP contribution in [0.1, 0.15) is 0 Å². The van der Waals surface area contributed by atoms with E-state index in [1.807, 2.05) is 60.7 Å². The van der Waals surface area contributed by atoms with Gasteiger partial charge in [0.25, 0.3) is 0 Å². The van der Waals surface area contributed by atoms with Gasteiger partial charge in [0.15, 0.2) is 0 Å². The highest BCUT2D eigenvalue weighted by atomic mass is 31.2. The predicted octanol–water partition coefficient (Wildman–Crippen LogP) is 6.43. The maximum Gasteiger partial charge on any atom is 0.584 e. The average Bonchev–Trinajstić information content (AvgIpc) is 2.69. The summed E-state index contributed by atoms with van der Waals surface area (Å²) in [5.74, 6) is 0.619. The molecule has 4 aromatic rings. The van der Waals surface area contributed by atoms with Crippen molar-refractivity contribution in [2.24, 2.45) is 0 Å². The second-order valence-corrected chi connectivity index (χ2v) is 7.01. The van der Waals surface area contributed by atoms with Crippen LogP contribution in [0.25, 0.3) is 32.0 Å². The summed E-state index contributed by atoms with van der Waals surface area (Å²) in [7, 11) is -4.35. The first-order chi connectivity index (χ1) is 13.5. The fourth-order valence-electron chi connectivity index (χ4n) is 2.82. The van der Waals surface area contributed by atoms with E-state index in [4.69, 9.17) is 20.1 Å². The molecule has 0 aromatic heterocycles. The van der Waals surface area contributed by atoms with Gasteiger partial charge < -0.3 is 9.05 Å². The Morgan fingerprint density at radius 1 is 0.750 bits per heavy atom. The van der Waals surface area contributed by atoms with Crippen molar-refractivity contribution in [2.45, 2.75) is 0 Å². The van der Waals surface area contributed by atoms with E-state index < -0.39 is 7.82 Å². The summed E-state index contributed by atoms with van der Waals surface area (Å²) in [6.45, 7) is 0. The van der Waals surface area contributed by atoms with Gasteiger partial charge in [0, 0.05) is 10.8 Å². The Labute approximate surface area is 160 Å². The molecule has 0 radical (unpaired) electrons. The first-order valence-electron chi connectivity index (χ1n) is 8.22. The van der Waals surface area contributed by atoms with Gasteiger partial charge in [-0.25, -0.2) is 4.57 Å². The van der Waals surface area contributed by atoms with Crippen LogP contribution in [0.5, 0.6) is 11.5 Å². The number of rotatable bonds is 4. The summed E-state index contributed by atoms with van der Waals surface area (Å²) in [4.78, 5) is 12.0. The van der Waals surface area contributed by atoms with Gasteiger partial charge in [-0.05, 0) is 33.3 Å². The number of nitrogens with zero attached hydrogens (tertiary/aromatic N) is 2. The van der Waals surface area contributed by atoms with E-state index in [1.165, 1.54) is 0 Å². The number of phosphoric acid groups is 1. The lowest BCUT2D eigenvalue weighted by molar-refractivity contribution is 0.293. The van der Waals surface area contributed by atoms with Crippen LogP contribution < -0.4 is 9.05 Å². The molecule has 0 unspecified atom stereocenters. The number of benzene rings is 4. The Morgan fingerprint density at radius 2 is 1.11 bits per heavy atom. The molecule has 4 rings (SSSR count). The third kappa shape index (κ3) is 4.42. The average molecular weight is 393 g/mol. The van der Waals surface area contributed by atoms with Crippen LogP contribution in [-0.2, 0) is 4.57 Å². The normalized spacial score (nSPS) is 10.6. The zero-order chi connectivity index (χ0) is 20.0. The SMILES string of the molecule is O=P(O)(Oc1cccc2ccccc12)Oc1cccc2ccccc12.[N-]=[N+]=N. The number of fused-ring (bicyclic) bond motifs is 2. The van der Waals surface area contributed by atoms with Crippen molar-refractivity contribution < 1.29 is 18.5 Å². The minimum Gasteiger partial charge on any atom is -0.395 e. The molecule has 0 saturated carbocycles. The van der Waals surface area contributed by atoms with Gasteiger partial charge >= 0.3 is 7.82 Å². The van der Waals surface area contributed by atoms with Crippen molar-refractivity contribution in [3.63, 3.8) is 0 Å². The number of hydrogen-bond acceptors (Lipinski definition) is 4. The smallest absolute Gasteiger partial charge is 0.395 e. The van der Waals surface area contributed by atoms with E-state index in [1.54, 1.807) is 29.2 Å². The van der Waals surface area contributed by atoms with Gasteiger partial charge in [-0.3, -0.25) is 4.89 Å². The molecule has 0 fully saturated rings. The molecule has 0 bridgehead atoms. The first kappa shape index (κ1) is 19.3. The van der Waals surface area contributed by atoms with Crippen molar-refractivity contribution in [3.05, 3.63) is 95.4 Å². The van der Waals surface area contributed by atoms with Crippen LogP contribution in [0.2, 0.25) is 0 Å². The predicted molar refractivity (Wildman–Crippen MR) is 108 cm³/mol. The molecule has 2 N–H and O–H groups in total. The molecule has 0 aliphatic carbocycles. The second kappa shape index (κ2) is 8.46. The van der Waals surface area contributed by atoms with E-state index in [0.29, 0.717) is 11.5 Å². The Balaban J connectivity index is 0.000000706. The van der Waals surface area contributed by atoms with Gasteiger partial charge in [0.2, 0.25) is 0 Å². The molecule has 28 heavy (non-hydrogen) atoms. The highest BCUT2D eigenvalue weighted by Crippen LogP contribution is 2.47. The standard InChI is InChI=1S/C20H15O4P.HN3/c21-25(22,23-19-13-5-9-15-7-1-3-11-17(15)19)24-20-14-6-10-16-8-2-4-12-18(16)20;1-3-2/h1-14H,(H,21,22);1H. The molecule has 0 aliphatic rings. The molecule has 0 saturated heterocycles. The zero-order valence-corrected chi connectivity index (χ0v) is 15.5. The third-order valence-electron chi connectivity index (χ3n) is 3.93. The van der Waals surface area contributed by atoms with E-state index >= 15 is 0 Å². The summed E-state index contributed by atoms with van der Waals surface area (Å²) in [5, 5.41) is 3.34. The van der Waals surface area contributed by atoms with Crippen molar-refractivity contribution in [1.29, 1.82) is 5.53 Å². The van der Waals surface area contributed by atoms with Crippen LogP contribution >= 0.6 is 7.82 Å². The summed E-state index contributed by atoms with van der Waals surface area (Å²) < 4.78 is 23.3. The lowest BCUT2D eigenvalue weighted by Crippen LogP contribution is -2.00. The lowest BCUT2D eigenvalue weighted by Gasteiger charge is -2.16. The third-order valence-corrected chi connectivity index (χ3v) is 4.78. The Kier molecular flexibility index (Phi) is 5.82. The van der Waals surface area contributed by atoms with Gasteiger partial charge in [-0.15, -0.1) is 5.53 Å². The highest BCUT2D eigenvalue weighted by Gasteiger charge is 2.26. The van der Waals surface area contributed by atoms with Crippen LogP contribution in [0.3, 0.4) is 0 Å². The molecule has 0 amide bonds. The van der Waals surface area contributed by atoms with Crippen molar-refractivity contribution in [2.75, 3.05) is 0 Å². The maximum absolute atomic E-state index is 12.6. The van der Waals surface area contributed by atoms with E-state index in [9.17, 15) is 9.46 Å². The molecule has 0 spiro atoms. The number of phosphoric ester groups is 1. The summed E-state index contributed by atoms with van der Waals surface area (Å²) in [6.07, 6.45) is 0. The van der Waals surface area contributed by atoms with E-state index in [0.717, 1.165) is 21.5 Å². The topological polar surface area (TPSA) is 116 Å². The van der Waals surface area contributed by atoms with Crippen molar-refractivity contribution >= 4 is 29.4 Å². The molecule has 0 heterocycles. The summed E-state index contributed by atoms with van der Waals surface area (Å²) in [5.41, 5.74) is 12.2. The second-order valence-electron chi connectivity index (χ2n) is 5.71. The van der Waals surface area contributed by atoms with Crippen molar-refractivity contribution in [1.82, 2.24) is 0 Å². The fraction of sp³-hybridized carbons (Fsp3) is 0. The molecule has 0 atom stereocenters. The monoisotopic (exact) mass is 393 g/mol. The van der Waals surface area contributed by atoms with Gasteiger partial charge in [-0.2, -0.15) is 0 Å². The lowest BCUT2D eigenvalue weighted by atomic mass is 10.1. The van der Waals surface area contributed by atoms with Crippen molar-refractivity contribution in [3.8, 4) is 11.5 Å². The first-order valence-corrected chi connectivity index (χ1v) is 9.72. The minimum absolute atomic E-state index is 0.309.